The van der Waals surface area contributed by atoms with Crippen LogP contribution in [0.2, 0.25) is 0 Å². The van der Waals surface area contributed by atoms with Crippen molar-refractivity contribution in [1.29, 1.82) is 0 Å². The van der Waals surface area contributed by atoms with Crippen molar-refractivity contribution in [3.63, 3.8) is 0 Å². The quantitative estimate of drug-likeness (QED) is 0.588. The molecule has 0 unspecified atom stereocenters. The van der Waals surface area contributed by atoms with Crippen LogP contribution in [0.5, 0.6) is 0 Å². The van der Waals surface area contributed by atoms with Crippen LogP contribution in [0.25, 0.3) is 11.0 Å². The average molecular weight is 164 g/mol. The highest BCUT2D eigenvalue weighted by Crippen LogP contribution is 2.20. The minimum atomic E-state index is 0.982. The van der Waals surface area contributed by atoms with Crippen molar-refractivity contribution in [1.82, 2.24) is 9.55 Å². The number of rotatable bonds is 0. The topological polar surface area (TPSA) is 17.8 Å². The molecule has 0 radical (unpaired) electrons. The zero-order chi connectivity index (χ0) is 7.84. The van der Waals surface area contributed by atoms with Gasteiger partial charge in [-0.3, -0.25) is 0 Å². The minimum absolute atomic E-state index is 0.982. The maximum atomic E-state index is 4.31. The van der Waals surface area contributed by atoms with Gasteiger partial charge < -0.3 is 4.57 Å². The zero-order valence-electron chi connectivity index (χ0n) is 6.15. The lowest BCUT2D eigenvalue weighted by atomic mass is 10.3. The van der Waals surface area contributed by atoms with Crippen molar-refractivity contribution in [3.05, 3.63) is 24.5 Å². The van der Waals surface area contributed by atoms with E-state index in [1.165, 1.54) is 0 Å². The summed E-state index contributed by atoms with van der Waals surface area (Å²) in [6, 6.07) is 3.94. The second-order valence-electron chi connectivity index (χ2n) is 2.50. The molecule has 0 aliphatic rings. The second-order valence-corrected chi connectivity index (χ2v) is 2.98. The summed E-state index contributed by atoms with van der Waals surface area (Å²) in [4.78, 5) is 5.20. The largest absolute Gasteiger partial charge is 0.334 e. The zero-order valence-corrected chi connectivity index (χ0v) is 7.05. The molecule has 0 amide bonds. The van der Waals surface area contributed by atoms with Crippen LogP contribution in [0.1, 0.15) is 0 Å². The van der Waals surface area contributed by atoms with Gasteiger partial charge in [-0.05, 0) is 12.1 Å². The van der Waals surface area contributed by atoms with E-state index in [2.05, 4.69) is 17.6 Å². The van der Waals surface area contributed by atoms with E-state index in [1.54, 1.807) is 6.20 Å². The number of fused-ring (bicyclic) bond motifs is 1. The summed E-state index contributed by atoms with van der Waals surface area (Å²) in [6.07, 6.45) is 3.75. The molecular formula is C8H8N2S. The molecule has 11 heavy (non-hydrogen) atoms. The Hall–Kier alpha value is -0.960. The molecule has 0 saturated heterocycles. The summed E-state index contributed by atoms with van der Waals surface area (Å²) in [5, 5.41) is 1.11. The number of pyridine rings is 1. The third kappa shape index (κ3) is 0.922. The molecule has 0 atom stereocenters. The summed E-state index contributed by atoms with van der Waals surface area (Å²) in [5.41, 5.74) is 0.984. The van der Waals surface area contributed by atoms with E-state index in [1.807, 2.05) is 29.9 Å². The monoisotopic (exact) mass is 164 g/mol. The molecule has 0 spiro atoms. The third-order valence-electron chi connectivity index (χ3n) is 1.71. The summed E-state index contributed by atoms with van der Waals surface area (Å²) in [6.45, 7) is 0. The lowest BCUT2D eigenvalue weighted by Gasteiger charge is -1.91. The highest BCUT2D eigenvalue weighted by atomic mass is 32.1. The van der Waals surface area contributed by atoms with E-state index in [4.69, 9.17) is 0 Å². The predicted molar refractivity (Wildman–Crippen MR) is 48.0 cm³/mol. The van der Waals surface area contributed by atoms with Crippen LogP contribution in [0, 0.1) is 0 Å². The summed E-state index contributed by atoms with van der Waals surface area (Å²) < 4.78 is 1.97. The molecule has 2 aromatic heterocycles. The molecular weight excluding hydrogens is 156 g/mol. The molecule has 0 saturated carbocycles. The molecule has 0 N–H and O–H groups in total. The highest BCUT2D eigenvalue weighted by Gasteiger charge is 2.01. The number of aryl methyl sites for hydroxylation is 1. The van der Waals surface area contributed by atoms with Gasteiger partial charge in [0.25, 0.3) is 0 Å². The van der Waals surface area contributed by atoms with Gasteiger partial charge in [0.15, 0.2) is 0 Å². The van der Waals surface area contributed by atoms with Crippen molar-refractivity contribution in [2.24, 2.45) is 7.05 Å². The maximum Gasteiger partial charge on any atom is 0.140 e. The van der Waals surface area contributed by atoms with Gasteiger partial charge >= 0.3 is 0 Å². The Bertz CT molecular complexity index is 356. The number of aromatic nitrogens is 2. The van der Waals surface area contributed by atoms with Gasteiger partial charge in [0.1, 0.15) is 5.65 Å². The lowest BCUT2D eigenvalue weighted by Crippen LogP contribution is -1.85. The SMILES string of the molecule is Cn1cc(S)c2cccnc21. The van der Waals surface area contributed by atoms with Gasteiger partial charge in [0, 0.05) is 29.7 Å². The molecule has 0 fully saturated rings. The van der Waals surface area contributed by atoms with Gasteiger partial charge in [-0.15, -0.1) is 12.6 Å². The smallest absolute Gasteiger partial charge is 0.140 e. The number of thiol groups is 1. The summed E-state index contributed by atoms with van der Waals surface area (Å²) >= 11 is 4.31. The molecule has 0 bridgehead atoms. The van der Waals surface area contributed by atoms with Crippen LogP contribution in [0.3, 0.4) is 0 Å². The first kappa shape index (κ1) is 6.73. The molecule has 2 nitrogen and oxygen atoms in total. The van der Waals surface area contributed by atoms with E-state index in [-0.39, 0.29) is 0 Å². The van der Waals surface area contributed by atoms with Gasteiger partial charge in [0.2, 0.25) is 0 Å². The normalized spacial score (nSPS) is 10.7. The predicted octanol–water partition coefficient (Wildman–Crippen LogP) is 1.86. The molecule has 2 rings (SSSR count). The van der Waals surface area contributed by atoms with Crippen LogP contribution in [-0.4, -0.2) is 9.55 Å². The van der Waals surface area contributed by atoms with Gasteiger partial charge in [-0.1, -0.05) is 0 Å². The van der Waals surface area contributed by atoms with Crippen LogP contribution >= 0.6 is 12.6 Å². The average Bonchev–Trinajstić information content (AvgIpc) is 2.30. The summed E-state index contributed by atoms with van der Waals surface area (Å²) in [7, 11) is 1.97. The van der Waals surface area contributed by atoms with Crippen LogP contribution in [-0.2, 0) is 7.05 Å². The summed E-state index contributed by atoms with van der Waals surface area (Å²) in [5.74, 6) is 0. The van der Waals surface area contributed by atoms with Crippen LogP contribution in [0.4, 0.5) is 0 Å². The van der Waals surface area contributed by atoms with E-state index >= 15 is 0 Å². The van der Waals surface area contributed by atoms with Gasteiger partial charge in [-0.2, -0.15) is 0 Å². The Morgan fingerprint density at radius 1 is 1.55 bits per heavy atom. The maximum absolute atomic E-state index is 4.31. The molecule has 0 aromatic carbocycles. The van der Waals surface area contributed by atoms with E-state index in [9.17, 15) is 0 Å². The highest BCUT2D eigenvalue weighted by molar-refractivity contribution is 7.80. The lowest BCUT2D eigenvalue weighted by molar-refractivity contribution is 0.939. The fourth-order valence-corrected chi connectivity index (χ4v) is 1.54. The Morgan fingerprint density at radius 3 is 3.09 bits per heavy atom. The van der Waals surface area contributed by atoms with Crippen molar-refractivity contribution in [2.75, 3.05) is 0 Å². The van der Waals surface area contributed by atoms with Crippen molar-refractivity contribution in [3.8, 4) is 0 Å². The number of hydrogen-bond acceptors (Lipinski definition) is 2. The second kappa shape index (κ2) is 2.27. The Kier molecular flexibility index (Phi) is 1.39. The first-order chi connectivity index (χ1) is 5.29. The molecule has 3 heteroatoms. The van der Waals surface area contributed by atoms with Crippen molar-refractivity contribution < 1.29 is 0 Å². The Balaban J connectivity index is 2.95. The van der Waals surface area contributed by atoms with E-state index in [0.29, 0.717) is 0 Å². The van der Waals surface area contributed by atoms with Crippen molar-refractivity contribution in [2.45, 2.75) is 4.90 Å². The fourth-order valence-electron chi connectivity index (χ4n) is 1.19. The third-order valence-corrected chi connectivity index (χ3v) is 2.07. The first-order valence-electron chi connectivity index (χ1n) is 3.38. The fraction of sp³-hybridized carbons (Fsp3) is 0.125. The van der Waals surface area contributed by atoms with E-state index in [0.717, 1.165) is 15.9 Å². The van der Waals surface area contributed by atoms with Crippen LogP contribution in [0.15, 0.2) is 29.4 Å². The Labute approximate surface area is 70.3 Å². The number of nitrogens with zero attached hydrogens (tertiary/aromatic N) is 2. The molecule has 0 aliphatic heterocycles. The molecule has 2 aromatic rings. The standard InChI is InChI=1S/C8H8N2S/c1-10-5-7(11)6-3-2-4-9-8(6)10/h2-5,11H,1H3. The van der Waals surface area contributed by atoms with E-state index < -0.39 is 0 Å². The Morgan fingerprint density at radius 2 is 2.36 bits per heavy atom. The molecule has 0 aliphatic carbocycles. The van der Waals surface area contributed by atoms with Gasteiger partial charge in [-0.25, -0.2) is 4.98 Å². The van der Waals surface area contributed by atoms with Crippen LogP contribution < -0.4 is 0 Å². The first-order valence-corrected chi connectivity index (χ1v) is 3.83. The minimum Gasteiger partial charge on any atom is -0.334 e. The number of hydrogen-bond donors (Lipinski definition) is 1. The molecule has 56 valence electrons. The van der Waals surface area contributed by atoms with Crippen molar-refractivity contribution >= 4 is 23.7 Å². The molecule has 2 heterocycles. The van der Waals surface area contributed by atoms with Gasteiger partial charge in [0.05, 0.1) is 0 Å².